The van der Waals surface area contributed by atoms with Crippen LogP contribution < -0.4 is 11.1 Å². The summed E-state index contributed by atoms with van der Waals surface area (Å²) in [6.07, 6.45) is 6.78. The Balaban J connectivity index is 2.48. The summed E-state index contributed by atoms with van der Waals surface area (Å²) in [5, 5.41) is 2.75. The van der Waals surface area contributed by atoms with Gasteiger partial charge in [-0.05, 0) is 18.8 Å². The molecule has 6 heteroatoms. The summed E-state index contributed by atoms with van der Waals surface area (Å²) in [4.78, 5) is 11.5. The molecule has 3 N–H and O–H groups in total. The number of rotatable bonds is 5. The molecule has 0 radical (unpaired) electrons. The van der Waals surface area contributed by atoms with Gasteiger partial charge in [-0.3, -0.25) is 4.79 Å². The standard InChI is InChI=1S/C11H22N2O3S/c1-17(15,16)8-11(14)13-10(7-12)9-5-3-2-4-6-9/h9-10H,2-8,12H2,1H3,(H,13,14). The number of carbonyl (C=O) groups is 1. The summed E-state index contributed by atoms with van der Waals surface area (Å²) >= 11 is 0. The van der Waals surface area contributed by atoms with Crippen molar-refractivity contribution in [3.63, 3.8) is 0 Å². The first kappa shape index (κ1) is 14.4. The molecule has 5 nitrogen and oxygen atoms in total. The van der Waals surface area contributed by atoms with E-state index in [9.17, 15) is 13.2 Å². The van der Waals surface area contributed by atoms with Crippen molar-refractivity contribution in [1.29, 1.82) is 0 Å². The van der Waals surface area contributed by atoms with Crippen molar-refractivity contribution >= 4 is 15.7 Å². The molecule has 0 saturated heterocycles. The second kappa shape index (κ2) is 6.35. The van der Waals surface area contributed by atoms with Gasteiger partial charge in [-0.25, -0.2) is 8.42 Å². The van der Waals surface area contributed by atoms with Gasteiger partial charge < -0.3 is 11.1 Å². The van der Waals surface area contributed by atoms with Gasteiger partial charge in [0.05, 0.1) is 0 Å². The lowest BCUT2D eigenvalue weighted by Crippen LogP contribution is -2.47. The Morgan fingerprint density at radius 1 is 1.35 bits per heavy atom. The molecular weight excluding hydrogens is 240 g/mol. The van der Waals surface area contributed by atoms with Crippen LogP contribution in [0.2, 0.25) is 0 Å². The average Bonchev–Trinajstić information content (AvgIpc) is 2.24. The molecular formula is C11H22N2O3S. The van der Waals surface area contributed by atoms with Crippen molar-refractivity contribution in [2.45, 2.75) is 38.1 Å². The molecule has 0 aliphatic heterocycles. The zero-order chi connectivity index (χ0) is 12.9. The van der Waals surface area contributed by atoms with Crippen LogP contribution in [-0.2, 0) is 14.6 Å². The number of nitrogens with one attached hydrogen (secondary N) is 1. The van der Waals surface area contributed by atoms with Crippen molar-refractivity contribution in [3.8, 4) is 0 Å². The third-order valence-electron chi connectivity index (χ3n) is 3.21. The van der Waals surface area contributed by atoms with Gasteiger partial charge in [0.2, 0.25) is 5.91 Å². The number of nitrogens with two attached hydrogens (primary N) is 1. The smallest absolute Gasteiger partial charge is 0.235 e. The summed E-state index contributed by atoms with van der Waals surface area (Å²) in [7, 11) is -3.26. The largest absolute Gasteiger partial charge is 0.351 e. The van der Waals surface area contributed by atoms with Crippen LogP contribution in [0.15, 0.2) is 0 Å². The zero-order valence-electron chi connectivity index (χ0n) is 10.3. The molecule has 1 saturated carbocycles. The van der Waals surface area contributed by atoms with Gasteiger partial charge in [-0.15, -0.1) is 0 Å². The Labute approximate surface area is 103 Å². The minimum absolute atomic E-state index is 0.0791. The first-order valence-electron chi connectivity index (χ1n) is 6.09. The Kier molecular flexibility index (Phi) is 5.39. The van der Waals surface area contributed by atoms with Gasteiger partial charge in [0.25, 0.3) is 0 Å². The van der Waals surface area contributed by atoms with E-state index in [0.717, 1.165) is 19.1 Å². The predicted octanol–water partition coefficient (Wildman–Crippen LogP) is 0.0548. The Morgan fingerprint density at radius 3 is 2.41 bits per heavy atom. The van der Waals surface area contributed by atoms with E-state index in [1.807, 2.05) is 0 Å². The van der Waals surface area contributed by atoms with Crippen molar-refractivity contribution in [2.24, 2.45) is 11.7 Å². The van der Waals surface area contributed by atoms with Crippen molar-refractivity contribution in [2.75, 3.05) is 18.6 Å². The number of hydrogen-bond donors (Lipinski definition) is 2. The monoisotopic (exact) mass is 262 g/mol. The minimum atomic E-state index is -3.26. The summed E-state index contributed by atoms with van der Waals surface area (Å²) in [5.41, 5.74) is 5.65. The van der Waals surface area contributed by atoms with Crippen molar-refractivity contribution in [3.05, 3.63) is 0 Å². The number of hydrogen-bond acceptors (Lipinski definition) is 4. The van der Waals surface area contributed by atoms with Crippen LogP contribution in [0.3, 0.4) is 0 Å². The van der Waals surface area contributed by atoms with Crippen LogP contribution in [0, 0.1) is 5.92 Å². The molecule has 1 aliphatic carbocycles. The van der Waals surface area contributed by atoms with Crippen LogP contribution in [0.5, 0.6) is 0 Å². The molecule has 0 spiro atoms. The van der Waals surface area contributed by atoms with Crippen LogP contribution in [0.25, 0.3) is 0 Å². The van der Waals surface area contributed by atoms with Crippen molar-refractivity contribution in [1.82, 2.24) is 5.32 Å². The van der Waals surface area contributed by atoms with Gasteiger partial charge in [-0.1, -0.05) is 19.3 Å². The maximum absolute atomic E-state index is 11.5. The highest BCUT2D eigenvalue weighted by molar-refractivity contribution is 7.91. The van der Waals surface area contributed by atoms with E-state index in [1.165, 1.54) is 19.3 Å². The maximum atomic E-state index is 11.5. The lowest BCUT2D eigenvalue weighted by atomic mass is 9.84. The highest BCUT2D eigenvalue weighted by Gasteiger charge is 2.24. The Bertz CT molecular complexity index is 348. The zero-order valence-corrected chi connectivity index (χ0v) is 11.1. The van der Waals surface area contributed by atoms with Crippen LogP contribution in [0.1, 0.15) is 32.1 Å². The van der Waals surface area contributed by atoms with Crippen LogP contribution >= 0.6 is 0 Å². The average molecular weight is 262 g/mol. The summed E-state index contributed by atoms with van der Waals surface area (Å²) in [6.45, 7) is 0.375. The molecule has 1 fully saturated rings. The number of amides is 1. The molecule has 0 aromatic heterocycles. The highest BCUT2D eigenvalue weighted by Crippen LogP contribution is 2.26. The third kappa shape index (κ3) is 5.50. The molecule has 1 aliphatic rings. The molecule has 0 aromatic rings. The van der Waals surface area contributed by atoms with Gasteiger partial charge in [-0.2, -0.15) is 0 Å². The fraction of sp³-hybridized carbons (Fsp3) is 0.909. The second-order valence-electron chi connectivity index (χ2n) is 4.88. The molecule has 1 atom stereocenters. The number of sulfone groups is 1. The second-order valence-corrected chi connectivity index (χ2v) is 7.02. The molecule has 0 heterocycles. The molecule has 100 valence electrons. The molecule has 17 heavy (non-hydrogen) atoms. The van der Waals surface area contributed by atoms with Gasteiger partial charge in [0, 0.05) is 18.8 Å². The fourth-order valence-corrected chi connectivity index (χ4v) is 2.95. The molecule has 1 unspecified atom stereocenters. The molecule has 0 aromatic carbocycles. The third-order valence-corrected chi connectivity index (χ3v) is 4.00. The van der Waals surface area contributed by atoms with E-state index in [4.69, 9.17) is 5.73 Å². The first-order chi connectivity index (χ1) is 7.92. The molecule has 1 rings (SSSR count). The summed E-state index contributed by atoms with van der Waals surface area (Å²) < 4.78 is 22.0. The predicted molar refractivity (Wildman–Crippen MR) is 67.3 cm³/mol. The van der Waals surface area contributed by atoms with E-state index in [1.54, 1.807) is 0 Å². The van der Waals surface area contributed by atoms with Gasteiger partial charge in [0.1, 0.15) is 5.75 Å². The van der Waals surface area contributed by atoms with E-state index in [-0.39, 0.29) is 6.04 Å². The van der Waals surface area contributed by atoms with E-state index < -0.39 is 21.5 Å². The Hall–Kier alpha value is -0.620. The van der Waals surface area contributed by atoms with Crippen LogP contribution in [-0.4, -0.2) is 38.9 Å². The van der Waals surface area contributed by atoms with E-state index in [2.05, 4.69) is 5.32 Å². The number of carbonyl (C=O) groups excluding carboxylic acids is 1. The van der Waals surface area contributed by atoms with Gasteiger partial charge in [0.15, 0.2) is 9.84 Å². The summed E-state index contributed by atoms with van der Waals surface area (Å²) in [6, 6.07) is -0.0791. The lowest BCUT2D eigenvalue weighted by Gasteiger charge is -2.30. The fourth-order valence-electron chi connectivity index (χ4n) is 2.39. The first-order valence-corrected chi connectivity index (χ1v) is 8.15. The van der Waals surface area contributed by atoms with Crippen molar-refractivity contribution < 1.29 is 13.2 Å². The maximum Gasteiger partial charge on any atom is 0.235 e. The lowest BCUT2D eigenvalue weighted by molar-refractivity contribution is -0.119. The normalized spacial score (nSPS) is 19.9. The SMILES string of the molecule is CS(=O)(=O)CC(=O)NC(CN)C1CCCCC1. The van der Waals surface area contributed by atoms with Crippen LogP contribution in [0.4, 0.5) is 0 Å². The molecule has 1 amide bonds. The minimum Gasteiger partial charge on any atom is -0.351 e. The van der Waals surface area contributed by atoms with Gasteiger partial charge >= 0.3 is 0 Å². The van der Waals surface area contributed by atoms with E-state index >= 15 is 0 Å². The topological polar surface area (TPSA) is 89.3 Å². The highest BCUT2D eigenvalue weighted by atomic mass is 32.2. The quantitative estimate of drug-likeness (QED) is 0.733. The molecule has 0 bridgehead atoms. The van der Waals surface area contributed by atoms with E-state index in [0.29, 0.717) is 12.5 Å². The Morgan fingerprint density at radius 2 is 1.94 bits per heavy atom. The summed E-state index contributed by atoms with van der Waals surface area (Å²) in [5.74, 6) is -0.485.